The van der Waals surface area contributed by atoms with E-state index in [1.165, 1.54) is 5.69 Å². The Morgan fingerprint density at radius 2 is 2.06 bits per heavy atom. The predicted molar refractivity (Wildman–Crippen MR) is 71.7 cm³/mol. The molecule has 0 saturated carbocycles. The summed E-state index contributed by atoms with van der Waals surface area (Å²) in [5.74, 6) is 2.41. The molecule has 98 valence electrons. The van der Waals surface area contributed by atoms with E-state index in [2.05, 4.69) is 29.3 Å². The van der Waals surface area contributed by atoms with Gasteiger partial charge in [0.1, 0.15) is 13.2 Å². The van der Waals surface area contributed by atoms with Gasteiger partial charge in [0.15, 0.2) is 11.5 Å². The van der Waals surface area contributed by atoms with Crippen LogP contribution in [0.3, 0.4) is 0 Å². The second-order valence-electron chi connectivity index (χ2n) is 5.08. The first-order chi connectivity index (χ1) is 8.83. The van der Waals surface area contributed by atoms with E-state index >= 15 is 0 Å². The third-order valence-corrected chi connectivity index (χ3v) is 3.47. The second-order valence-corrected chi connectivity index (χ2v) is 5.08. The summed E-state index contributed by atoms with van der Waals surface area (Å²) in [6.07, 6.45) is 0. The zero-order valence-electron chi connectivity index (χ0n) is 10.8. The van der Waals surface area contributed by atoms with Crippen molar-refractivity contribution in [2.45, 2.75) is 6.92 Å². The second kappa shape index (κ2) is 5.06. The molecule has 0 radical (unpaired) electrons. The van der Waals surface area contributed by atoms with Crippen molar-refractivity contribution in [3.63, 3.8) is 0 Å². The van der Waals surface area contributed by atoms with Crippen LogP contribution >= 0.6 is 0 Å². The van der Waals surface area contributed by atoms with Gasteiger partial charge in [0, 0.05) is 31.4 Å². The highest BCUT2D eigenvalue weighted by Gasteiger charge is 2.18. The van der Waals surface area contributed by atoms with Crippen LogP contribution in [-0.2, 0) is 0 Å². The van der Waals surface area contributed by atoms with E-state index in [4.69, 9.17) is 9.47 Å². The van der Waals surface area contributed by atoms with Crippen LogP contribution in [0.5, 0.6) is 11.5 Å². The van der Waals surface area contributed by atoms with Crippen molar-refractivity contribution in [1.29, 1.82) is 0 Å². The third-order valence-electron chi connectivity index (χ3n) is 3.47. The van der Waals surface area contributed by atoms with Gasteiger partial charge in [0.25, 0.3) is 0 Å². The monoisotopic (exact) mass is 248 g/mol. The van der Waals surface area contributed by atoms with Crippen LogP contribution in [0.2, 0.25) is 0 Å². The molecular weight excluding hydrogens is 228 g/mol. The van der Waals surface area contributed by atoms with Gasteiger partial charge in [-0.2, -0.15) is 0 Å². The number of benzene rings is 1. The lowest BCUT2D eigenvalue weighted by molar-refractivity contribution is 0.171. The molecule has 4 nitrogen and oxygen atoms in total. The lowest BCUT2D eigenvalue weighted by atomic mass is 10.1. The average molecular weight is 248 g/mol. The molecule has 0 aliphatic carbocycles. The van der Waals surface area contributed by atoms with Crippen LogP contribution in [0, 0.1) is 5.92 Å². The highest BCUT2D eigenvalue weighted by molar-refractivity contribution is 5.57. The minimum absolute atomic E-state index is 0.647. The summed E-state index contributed by atoms with van der Waals surface area (Å²) in [5, 5.41) is 3.46. The van der Waals surface area contributed by atoms with Gasteiger partial charge in [0.2, 0.25) is 0 Å². The summed E-state index contributed by atoms with van der Waals surface area (Å²) in [6, 6.07) is 6.25. The SMILES string of the molecule is CC1CNCCN(c2ccc3c(c2)OCCO3)C1. The van der Waals surface area contributed by atoms with Gasteiger partial charge < -0.3 is 19.7 Å². The van der Waals surface area contributed by atoms with E-state index in [1.54, 1.807) is 0 Å². The van der Waals surface area contributed by atoms with Crippen molar-refractivity contribution in [2.75, 3.05) is 44.3 Å². The van der Waals surface area contributed by atoms with Gasteiger partial charge in [0.05, 0.1) is 0 Å². The molecule has 1 fully saturated rings. The summed E-state index contributed by atoms with van der Waals surface area (Å²) in [6.45, 7) is 7.85. The number of nitrogens with one attached hydrogen (secondary N) is 1. The maximum absolute atomic E-state index is 5.65. The number of hydrogen-bond acceptors (Lipinski definition) is 4. The van der Waals surface area contributed by atoms with E-state index in [9.17, 15) is 0 Å². The van der Waals surface area contributed by atoms with Crippen molar-refractivity contribution in [2.24, 2.45) is 5.92 Å². The van der Waals surface area contributed by atoms with Crippen molar-refractivity contribution in [3.05, 3.63) is 18.2 Å². The van der Waals surface area contributed by atoms with Crippen molar-refractivity contribution < 1.29 is 9.47 Å². The Balaban J connectivity index is 1.82. The molecule has 0 spiro atoms. The highest BCUT2D eigenvalue weighted by atomic mass is 16.6. The van der Waals surface area contributed by atoms with Gasteiger partial charge in [-0.05, 0) is 24.6 Å². The summed E-state index contributed by atoms with van der Waals surface area (Å²) in [4.78, 5) is 2.42. The van der Waals surface area contributed by atoms with Crippen LogP contribution in [0.25, 0.3) is 0 Å². The molecule has 2 aliphatic rings. The Morgan fingerprint density at radius 3 is 2.94 bits per heavy atom. The van der Waals surface area contributed by atoms with Gasteiger partial charge in [-0.1, -0.05) is 6.92 Å². The summed E-state index contributed by atoms with van der Waals surface area (Å²) in [5.41, 5.74) is 1.23. The number of nitrogens with zero attached hydrogens (tertiary/aromatic N) is 1. The molecule has 1 unspecified atom stereocenters. The lowest BCUT2D eigenvalue weighted by Gasteiger charge is -2.26. The molecule has 3 rings (SSSR count). The predicted octanol–water partition coefficient (Wildman–Crippen LogP) is 1.50. The Bertz CT molecular complexity index is 422. The zero-order valence-corrected chi connectivity index (χ0v) is 10.8. The van der Waals surface area contributed by atoms with E-state index < -0.39 is 0 Å². The molecule has 1 aromatic carbocycles. The Morgan fingerprint density at radius 1 is 1.22 bits per heavy atom. The molecule has 18 heavy (non-hydrogen) atoms. The molecule has 0 aromatic heterocycles. The normalized spacial score (nSPS) is 23.6. The van der Waals surface area contributed by atoms with Crippen molar-refractivity contribution in [3.8, 4) is 11.5 Å². The number of fused-ring (bicyclic) bond motifs is 1. The minimum atomic E-state index is 0.647. The standard InChI is InChI=1S/C14H20N2O2/c1-11-9-15-4-5-16(10-11)12-2-3-13-14(8-12)18-7-6-17-13/h2-3,8,11,15H,4-7,9-10H2,1H3. The van der Waals surface area contributed by atoms with Gasteiger partial charge >= 0.3 is 0 Å². The average Bonchev–Trinajstić information content (AvgIpc) is 2.63. The van der Waals surface area contributed by atoms with Crippen LogP contribution in [0.15, 0.2) is 18.2 Å². The molecule has 1 atom stereocenters. The van der Waals surface area contributed by atoms with Crippen molar-refractivity contribution >= 4 is 5.69 Å². The number of hydrogen-bond donors (Lipinski definition) is 1. The summed E-state index contributed by atoms with van der Waals surface area (Å²) >= 11 is 0. The number of ether oxygens (including phenoxy) is 2. The fourth-order valence-corrected chi connectivity index (χ4v) is 2.56. The maximum Gasteiger partial charge on any atom is 0.163 e. The lowest BCUT2D eigenvalue weighted by Crippen LogP contribution is -2.29. The molecule has 0 bridgehead atoms. The van der Waals surface area contributed by atoms with E-state index in [1.807, 2.05) is 6.07 Å². The van der Waals surface area contributed by atoms with E-state index in [0.717, 1.165) is 37.7 Å². The van der Waals surface area contributed by atoms with Gasteiger partial charge in [-0.15, -0.1) is 0 Å². The zero-order chi connectivity index (χ0) is 12.4. The largest absolute Gasteiger partial charge is 0.486 e. The first-order valence-electron chi connectivity index (χ1n) is 6.68. The fraction of sp³-hybridized carbons (Fsp3) is 0.571. The van der Waals surface area contributed by atoms with E-state index in [0.29, 0.717) is 19.1 Å². The molecule has 0 amide bonds. The minimum Gasteiger partial charge on any atom is -0.486 e. The van der Waals surface area contributed by atoms with Crippen LogP contribution in [-0.4, -0.2) is 39.4 Å². The molecule has 4 heteroatoms. The quantitative estimate of drug-likeness (QED) is 0.816. The maximum atomic E-state index is 5.65. The van der Waals surface area contributed by atoms with Crippen LogP contribution in [0.4, 0.5) is 5.69 Å². The van der Waals surface area contributed by atoms with Crippen LogP contribution in [0.1, 0.15) is 6.92 Å². The third kappa shape index (κ3) is 2.38. The van der Waals surface area contributed by atoms with E-state index in [-0.39, 0.29) is 0 Å². The topological polar surface area (TPSA) is 33.7 Å². The smallest absolute Gasteiger partial charge is 0.163 e. The van der Waals surface area contributed by atoms with Gasteiger partial charge in [-0.3, -0.25) is 0 Å². The Labute approximate surface area is 108 Å². The van der Waals surface area contributed by atoms with Crippen LogP contribution < -0.4 is 19.7 Å². The number of anilines is 1. The first-order valence-corrected chi connectivity index (χ1v) is 6.68. The first kappa shape index (κ1) is 11.7. The molecule has 1 saturated heterocycles. The highest BCUT2D eigenvalue weighted by Crippen LogP contribution is 2.34. The Hall–Kier alpha value is -1.42. The number of rotatable bonds is 1. The summed E-state index contributed by atoms with van der Waals surface area (Å²) in [7, 11) is 0. The molecule has 1 aromatic rings. The van der Waals surface area contributed by atoms with Gasteiger partial charge in [-0.25, -0.2) is 0 Å². The molecule has 1 N–H and O–H groups in total. The molecule has 2 heterocycles. The molecular formula is C14H20N2O2. The fourth-order valence-electron chi connectivity index (χ4n) is 2.56. The van der Waals surface area contributed by atoms with Crippen molar-refractivity contribution in [1.82, 2.24) is 5.32 Å². The summed E-state index contributed by atoms with van der Waals surface area (Å²) < 4.78 is 11.2. The molecule has 2 aliphatic heterocycles. The Kier molecular flexibility index (Phi) is 3.28.